The third-order valence-corrected chi connectivity index (χ3v) is 3.33. The van der Waals surface area contributed by atoms with Gasteiger partial charge in [-0.25, -0.2) is 4.79 Å². The maximum absolute atomic E-state index is 12.3. The van der Waals surface area contributed by atoms with Gasteiger partial charge in [0, 0.05) is 17.2 Å². The summed E-state index contributed by atoms with van der Waals surface area (Å²) in [4.78, 5) is 35.3. The third kappa shape index (κ3) is 4.54. The lowest BCUT2D eigenvalue weighted by Crippen LogP contribution is -2.14. The average Bonchev–Trinajstić information content (AvgIpc) is 2.61. The lowest BCUT2D eigenvalue weighted by atomic mass is 10.0. The van der Waals surface area contributed by atoms with Gasteiger partial charge in [-0.3, -0.25) is 9.59 Å². The molecular weight excluding hydrogens is 324 g/mol. The molecule has 0 saturated carbocycles. The highest BCUT2D eigenvalue weighted by Crippen LogP contribution is 2.26. The Bertz CT molecular complexity index is 823. The predicted molar refractivity (Wildman–Crippen MR) is 89.4 cm³/mol. The summed E-state index contributed by atoms with van der Waals surface area (Å²) in [6.07, 6.45) is -0.300. The number of ether oxygens (including phenoxy) is 2. The van der Waals surface area contributed by atoms with E-state index in [4.69, 9.17) is 4.74 Å². The topological polar surface area (TPSA) is 89.9 Å². The number of hydrogen-bond acceptors (Lipinski definition) is 6. The monoisotopic (exact) mass is 340 g/mol. The number of carbonyl (C=O) groups excluding carboxylic acids is 3. The van der Waals surface area contributed by atoms with Gasteiger partial charge in [-0.05, 0) is 12.1 Å². The number of esters is 2. The molecular formula is C19H16O6. The fourth-order valence-corrected chi connectivity index (χ4v) is 2.01. The van der Waals surface area contributed by atoms with Crippen molar-refractivity contribution >= 4 is 17.7 Å². The number of ketones is 1. The summed E-state index contributed by atoms with van der Waals surface area (Å²) in [5.74, 6) is -2.09. The van der Waals surface area contributed by atoms with Crippen molar-refractivity contribution in [1.82, 2.24) is 0 Å². The van der Waals surface area contributed by atoms with Crippen LogP contribution >= 0.6 is 0 Å². The lowest BCUT2D eigenvalue weighted by Gasteiger charge is -2.09. The van der Waals surface area contributed by atoms with E-state index in [1.54, 1.807) is 30.3 Å². The van der Waals surface area contributed by atoms with Crippen LogP contribution in [-0.2, 0) is 14.3 Å². The normalized spacial score (nSPS) is 9.96. The summed E-state index contributed by atoms with van der Waals surface area (Å²) in [5.41, 5.74) is 0.421. The number of hydrogen-bond donors (Lipinski definition) is 1. The van der Waals surface area contributed by atoms with Crippen LogP contribution in [0.2, 0.25) is 0 Å². The van der Waals surface area contributed by atoms with Gasteiger partial charge in [0.1, 0.15) is 11.5 Å². The summed E-state index contributed by atoms with van der Waals surface area (Å²) < 4.78 is 9.46. The lowest BCUT2D eigenvalue weighted by molar-refractivity contribution is -0.141. The summed E-state index contributed by atoms with van der Waals surface area (Å²) >= 11 is 0. The van der Waals surface area contributed by atoms with Gasteiger partial charge in [-0.15, -0.1) is 0 Å². The maximum atomic E-state index is 12.3. The van der Waals surface area contributed by atoms with E-state index in [2.05, 4.69) is 11.3 Å². The van der Waals surface area contributed by atoms with E-state index in [1.807, 2.05) is 0 Å². The predicted octanol–water partition coefficient (Wildman–Crippen LogP) is 2.65. The fourth-order valence-electron chi connectivity index (χ4n) is 2.01. The summed E-state index contributed by atoms with van der Waals surface area (Å²) in [6, 6.07) is 12.4. The van der Waals surface area contributed by atoms with Crippen molar-refractivity contribution in [3.8, 4) is 11.5 Å². The molecule has 6 heteroatoms. The van der Waals surface area contributed by atoms with E-state index >= 15 is 0 Å². The van der Waals surface area contributed by atoms with Gasteiger partial charge in [0.05, 0.1) is 19.1 Å². The second kappa shape index (κ2) is 7.92. The average molecular weight is 340 g/mol. The van der Waals surface area contributed by atoms with Gasteiger partial charge in [0.15, 0.2) is 5.78 Å². The van der Waals surface area contributed by atoms with Gasteiger partial charge in [-0.1, -0.05) is 36.9 Å². The van der Waals surface area contributed by atoms with Crippen molar-refractivity contribution in [1.29, 1.82) is 0 Å². The number of benzene rings is 2. The molecule has 25 heavy (non-hydrogen) atoms. The Morgan fingerprint density at radius 1 is 1.08 bits per heavy atom. The van der Waals surface area contributed by atoms with Crippen molar-refractivity contribution in [2.75, 3.05) is 7.11 Å². The van der Waals surface area contributed by atoms with Crippen LogP contribution in [0.3, 0.4) is 0 Å². The molecule has 1 N–H and O–H groups in total. The minimum Gasteiger partial charge on any atom is -0.507 e. The van der Waals surface area contributed by atoms with E-state index in [0.29, 0.717) is 5.56 Å². The Hall–Kier alpha value is -3.41. The van der Waals surface area contributed by atoms with Crippen molar-refractivity contribution in [2.24, 2.45) is 0 Å². The second-order valence-electron chi connectivity index (χ2n) is 5.12. The molecule has 0 heterocycles. The van der Waals surface area contributed by atoms with Crippen LogP contribution in [0.15, 0.2) is 60.7 Å². The smallest absolute Gasteiger partial charge is 0.339 e. The van der Waals surface area contributed by atoms with E-state index in [9.17, 15) is 19.5 Å². The SMILES string of the molecule is C=C(CC(=O)OC)C(=O)Oc1ccc(C(=O)c2ccccc2)c(O)c1. The Morgan fingerprint density at radius 3 is 2.36 bits per heavy atom. The third-order valence-electron chi connectivity index (χ3n) is 3.33. The maximum Gasteiger partial charge on any atom is 0.339 e. The summed E-state index contributed by atoms with van der Waals surface area (Å²) in [7, 11) is 1.20. The largest absolute Gasteiger partial charge is 0.507 e. The standard InChI is InChI=1S/C19H16O6/c1-12(10-17(21)24-2)19(23)25-14-8-9-15(16(20)11-14)18(22)13-6-4-3-5-7-13/h3-9,11,20H,1,10H2,2H3. The first-order valence-electron chi connectivity index (χ1n) is 7.32. The summed E-state index contributed by atoms with van der Waals surface area (Å²) in [5, 5.41) is 10.0. The van der Waals surface area contributed by atoms with Gasteiger partial charge in [0.25, 0.3) is 0 Å². The highest BCUT2D eigenvalue weighted by atomic mass is 16.5. The number of phenols is 1. The first kappa shape index (κ1) is 17.9. The van der Waals surface area contributed by atoms with Gasteiger partial charge < -0.3 is 14.6 Å². The molecule has 0 aliphatic rings. The van der Waals surface area contributed by atoms with Gasteiger partial charge in [-0.2, -0.15) is 0 Å². The molecule has 128 valence electrons. The molecule has 0 unspecified atom stereocenters. The van der Waals surface area contributed by atoms with Crippen molar-refractivity contribution < 1.29 is 29.0 Å². The van der Waals surface area contributed by atoms with Gasteiger partial charge in [0.2, 0.25) is 0 Å². The number of aromatic hydroxyl groups is 1. The molecule has 2 aromatic rings. The number of phenolic OH excluding ortho intramolecular Hbond substituents is 1. The fraction of sp³-hybridized carbons (Fsp3) is 0.105. The molecule has 0 aliphatic heterocycles. The molecule has 6 nitrogen and oxygen atoms in total. The summed E-state index contributed by atoms with van der Waals surface area (Å²) in [6.45, 7) is 3.45. The molecule has 0 bridgehead atoms. The molecule has 0 spiro atoms. The molecule has 0 aliphatic carbocycles. The molecule has 0 fully saturated rings. The first-order chi connectivity index (χ1) is 11.9. The number of carbonyl (C=O) groups is 3. The van der Waals surface area contributed by atoms with Crippen molar-refractivity contribution in [3.05, 3.63) is 71.8 Å². The molecule has 0 radical (unpaired) electrons. The van der Waals surface area contributed by atoms with E-state index in [-0.39, 0.29) is 34.8 Å². The van der Waals surface area contributed by atoms with Crippen LogP contribution in [0.4, 0.5) is 0 Å². The zero-order chi connectivity index (χ0) is 18.4. The minimum atomic E-state index is -0.827. The molecule has 2 rings (SSSR count). The quantitative estimate of drug-likeness (QED) is 0.376. The zero-order valence-corrected chi connectivity index (χ0v) is 13.5. The first-order valence-corrected chi connectivity index (χ1v) is 7.32. The van der Waals surface area contributed by atoms with E-state index in [1.165, 1.54) is 19.2 Å². The molecule has 2 aromatic carbocycles. The number of rotatable bonds is 6. The molecule has 0 aromatic heterocycles. The Labute approximate surface area is 144 Å². The Morgan fingerprint density at radius 2 is 1.76 bits per heavy atom. The molecule has 0 atom stereocenters. The Kier molecular flexibility index (Phi) is 5.68. The van der Waals surface area contributed by atoms with Crippen LogP contribution < -0.4 is 4.74 Å². The van der Waals surface area contributed by atoms with Crippen LogP contribution in [0.5, 0.6) is 11.5 Å². The van der Waals surface area contributed by atoms with Crippen molar-refractivity contribution in [3.63, 3.8) is 0 Å². The molecule has 0 saturated heterocycles. The van der Waals surface area contributed by atoms with E-state index < -0.39 is 11.9 Å². The van der Waals surface area contributed by atoms with Crippen LogP contribution in [-0.4, -0.2) is 29.9 Å². The van der Waals surface area contributed by atoms with Crippen LogP contribution in [0, 0.1) is 0 Å². The van der Waals surface area contributed by atoms with E-state index in [0.717, 1.165) is 6.07 Å². The Balaban J connectivity index is 2.12. The zero-order valence-electron chi connectivity index (χ0n) is 13.5. The molecule has 0 amide bonds. The van der Waals surface area contributed by atoms with Crippen LogP contribution in [0.1, 0.15) is 22.3 Å². The van der Waals surface area contributed by atoms with Crippen molar-refractivity contribution in [2.45, 2.75) is 6.42 Å². The second-order valence-corrected chi connectivity index (χ2v) is 5.12. The van der Waals surface area contributed by atoms with Crippen LogP contribution in [0.25, 0.3) is 0 Å². The van der Waals surface area contributed by atoms with Gasteiger partial charge >= 0.3 is 11.9 Å². The minimum absolute atomic E-state index is 0.0260. The highest BCUT2D eigenvalue weighted by Gasteiger charge is 2.17. The highest BCUT2D eigenvalue weighted by molar-refractivity contribution is 6.10. The number of methoxy groups -OCH3 is 1.